The van der Waals surface area contributed by atoms with E-state index in [0.29, 0.717) is 81.1 Å². The van der Waals surface area contributed by atoms with E-state index in [4.69, 9.17) is 0 Å². The predicted octanol–water partition coefficient (Wildman–Crippen LogP) is 5.92. The zero-order chi connectivity index (χ0) is 37.8. The molecule has 278 valence electrons. The molecule has 4 aromatic carbocycles. The van der Waals surface area contributed by atoms with Gasteiger partial charge in [0.15, 0.2) is 23.0 Å². The van der Waals surface area contributed by atoms with Crippen LogP contribution in [0.5, 0.6) is 34.5 Å². The van der Waals surface area contributed by atoms with Crippen LogP contribution in [0.25, 0.3) is 32.7 Å². The Kier molecular flexibility index (Phi) is 10.1. The molecule has 2 saturated heterocycles. The fourth-order valence-electron chi connectivity index (χ4n) is 7.73. The highest BCUT2D eigenvalue weighted by atomic mass is 16.3. The summed E-state index contributed by atoms with van der Waals surface area (Å²) in [5.41, 5.74) is 3.20. The second kappa shape index (κ2) is 14.2. The van der Waals surface area contributed by atoms with Crippen LogP contribution in [-0.2, 0) is 0 Å². The van der Waals surface area contributed by atoms with Crippen molar-refractivity contribution in [2.45, 2.75) is 53.4 Å². The van der Waals surface area contributed by atoms with Gasteiger partial charge in [-0.2, -0.15) is 10.2 Å². The normalized spacial score (nSPS) is 16.7. The van der Waals surface area contributed by atoms with Crippen LogP contribution in [0.15, 0.2) is 22.3 Å². The fourth-order valence-corrected chi connectivity index (χ4v) is 7.73. The van der Waals surface area contributed by atoms with Crippen molar-refractivity contribution in [3.8, 4) is 45.6 Å². The Morgan fingerprint density at radius 3 is 1.15 bits per heavy atom. The van der Waals surface area contributed by atoms with Crippen LogP contribution in [0, 0.1) is 13.8 Å². The van der Waals surface area contributed by atoms with Crippen molar-refractivity contribution in [2.24, 2.45) is 10.2 Å². The van der Waals surface area contributed by atoms with Gasteiger partial charge in [-0.05, 0) is 61.7 Å². The maximum Gasteiger partial charge on any atom is 0.167 e. The van der Waals surface area contributed by atoms with Gasteiger partial charge in [0.25, 0.3) is 0 Å². The molecule has 0 bridgehead atoms. The smallest absolute Gasteiger partial charge is 0.167 e. The van der Waals surface area contributed by atoms with Crippen molar-refractivity contribution in [1.29, 1.82) is 0 Å². The second-order valence-corrected chi connectivity index (χ2v) is 15.0. The number of fused-ring (bicyclic) bond motifs is 2. The molecule has 0 aromatic heterocycles. The van der Waals surface area contributed by atoms with E-state index in [2.05, 4.69) is 20.0 Å². The zero-order valence-corrected chi connectivity index (χ0v) is 31.5. The Morgan fingerprint density at radius 1 is 0.519 bits per heavy atom. The molecule has 0 aliphatic carbocycles. The monoisotopic (exact) mass is 712 g/mol. The molecule has 6 rings (SSSR count). The van der Waals surface area contributed by atoms with E-state index >= 15 is 0 Å². The number of phenolic OH excluding ortho intramolecular Hbond substituents is 6. The molecule has 0 amide bonds. The summed E-state index contributed by atoms with van der Waals surface area (Å²) in [6.07, 6.45) is 2.98. The van der Waals surface area contributed by atoms with Crippen LogP contribution >= 0.6 is 0 Å². The molecular formula is C40H52N6O6. The third kappa shape index (κ3) is 6.38. The summed E-state index contributed by atoms with van der Waals surface area (Å²) < 4.78 is 0. The first-order chi connectivity index (χ1) is 24.6. The van der Waals surface area contributed by atoms with Crippen LogP contribution < -0.4 is 0 Å². The number of likely N-dealkylation sites (N-methyl/N-ethyl adjacent to an activating group) is 2. The summed E-state index contributed by atoms with van der Waals surface area (Å²) in [6.45, 7) is 17.3. The summed E-state index contributed by atoms with van der Waals surface area (Å²) >= 11 is 0. The highest BCUT2D eigenvalue weighted by molar-refractivity contribution is 6.15. The van der Waals surface area contributed by atoms with E-state index in [9.17, 15) is 30.6 Å². The van der Waals surface area contributed by atoms with Gasteiger partial charge < -0.3 is 40.4 Å². The summed E-state index contributed by atoms with van der Waals surface area (Å²) in [5.74, 6) is -2.09. The van der Waals surface area contributed by atoms with Crippen molar-refractivity contribution in [3.63, 3.8) is 0 Å². The van der Waals surface area contributed by atoms with Gasteiger partial charge in [-0.25, -0.2) is 0 Å². The number of hydrazone groups is 2. The summed E-state index contributed by atoms with van der Waals surface area (Å²) in [7, 11) is 4.10. The van der Waals surface area contributed by atoms with Crippen molar-refractivity contribution < 1.29 is 30.6 Å². The molecule has 2 heterocycles. The number of benzene rings is 4. The summed E-state index contributed by atoms with van der Waals surface area (Å²) in [4.78, 5) is 4.41. The number of phenols is 6. The molecule has 2 fully saturated rings. The average molecular weight is 713 g/mol. The highest BCUT2D eigenvalue weighted by Crippen LogP contribution is 2.54. The minimum atomic E-state index is -0.386. The number of rotatable bonds is 7. The van der Waals surface area contributed by atoms with Crippen LogP contribution in [0.3, 0.4) is 0 Å². The molecule has 0 saturated carbocycles. The van der Waals surface area contributed by atoms with E-state index in [1.807, 2.05) is 77.8 Å². The van der Waals surface area contributed by atoms with Gasteiger partial charge in [-0.1, -0.05) is 39.8 Å². The second-order valence-electron chi connectivity index (χ2n) is 15.0. The number of piperazine rings is 2. The molecule has 12 heteroatoms. The molecule has 52 heavy (non-hydrogen) atoms. The van der Waals surface area contributed by atoms with Gasteiger partial charge in [-0.15, -0.1) is 0 Å². The summed E-state index contributed by atoms with van der Waals surface area (Å²) in [5, 5.41) is 85.0. The molecule has 0 atom stereocenters. The third-order valence-electron chi connectivity index (χ3n) is 10.6. The number of hydrogen-bond donors (Lipinski definition) is 6. The number of aryl methyl sites for hydroxylation is 2. The van der Waals surface area contributed by atoms with Crippen LogP contribution in [0.4, 0.5) is 0 Å². The topological polar surface area (TPSA) is 159 Å². The largest absolute Gasteiger partial charge is 0.507 e. The Hall–Kier alpha value is -4.94. The molecule has 6 N–H and O–H groups in total. The minimum absolute atomic E-state index is 0.164. The molecule has 12 nitrogen and oxygen atoms in total. The third-order valence-corrected chi connectivity index (χ3v) is 10.6. The quantitative estimate of drug-likeness (QED) is 0.100. The summed E-state index contributed by atoms with van der Waals surface area (Å²) in [6, 6.07) is 3.72. The maximum atomic E-state index is 12.4. The van der Waals surface area contributed by atoms with Crippen LogP contribution in [-0.4, -0.2) is 129 Å². The number of nitrogens with zero attached hydrogens (tertiary/aromatic N) is 6. The van der Waals surface area contributed by atoms with Crippen molar-refractivity contribution in [2.75, 3.05) is 66.5 Å². The van der Waals surface area contributed by atoms with Gasteiger partial charge in [0, 0.05) is 85.4 Å². The lowest BCUT2D eigenvalue weighted by Crippen LogP contribution is -2.41. The fraction of sp³-hybridized carbons (Fsp3) is 0.450. The van der Waals surface area contributed by atoms with Crippen LogP contribution in [0.1, 0.15) is 72.9 Å². The van der Waals surface area contributed by atoms with E-state index in [-0.39, 0.29) is 57.5 Å². The Balaban J connectivity index is 1.64. The molecule has 0 spiro atoms. The molecule has 4 aromatic rings. The Morgan fingerprint density at radius 2 is 0.846 bits per heavy atom. The first-order valence-electron chi connectivity index (χ1n) is 18.1. The van der Waals surface area contributed by atoms with E-state index in [1.54, 1.807) is 0 Å². The molecule has 2 aliphatic rings. The Bertz CT molecular complexity index is 1940. The van der Waals surface area contributed by atoms with Gasteiger partial charge in [0.05, 0.1) is 23.6 Å². The molecule has 0 unspecified atom stereocenters. The van der Waals surface area contributed by atoms with Gasteiger partial charge in [0.2, 0.25) is 0 Å². The van der Waals surface area contributed by atoms with Crippen molar-refractivity contribution >= 4 is 34.0 Å². The average Bonchev–Trinajstić information content (AvgIpc) is 3.08. The minimum Gasteiger partial charge on any atom is -0.507 e. The van der Waals surface area contributed by atoms with Gasteiger partial charge in [-0.3, -0.25) is 10.0 Å². The molecular weight excluding hydrogens is 660 g/mol. The number of hydrogen-bond acceptors (Lipinski definition) is 12. The lowest BCUT2D eigenvalue weighted by Gasteiger charge is -2.30. The SMILES string of the molecule is Cc1cc2c(C(C)C)c(O)c(O)c(/C=N/N3CCN(C)CC3)c2c(O)c1-c1c(C)cc2c(C(C)C)c(O)c(O)c(/C=N/N3CCN(C)CC3)c2c1O. The standard InChI is InChI=1S/C40H52N6O6/c1-21(2)29-25-17-23(5)31(37(49)33(25)27(35(47)39(29)51)19-41-45-13-9-43(7)10-14-45)32-24(6)18-26-30(22(3)4)40(52)36(48)28(34(26)38(32)50)20-42-46-15-11-44(8)12-16-46/h17-22,47-52H,9-16H2,1-8H3/b41-19+,42-20+. The van der Waals surface area contributed by atoms with Gasteiger partial charge >= 0.3 is 0 Å². The maximum absolute atomic E-state index is 12.4. The van der Waals surface area contributed by atoms with E-state index < -0.39 is 0 Å². The van der Waals surface area contributed by atoms with E-state index in [0.717, 1.165) is 26.2 Å². The van der Waals surface area contributed by atoms with Crippen molar-refractivity contribution in [3.05, 3.63) is 45.5 Å². The lowest BCUT2D eigenvalue weighted by atomic mass is 9.83. The molecule has 0 radical (unpaired) electrons. The van der Waals surface area contributed by atoms with Gasteiger partial charge in [0.1, 0.15) is 11.5 Å². The predicted molar refractivity (Wildman–Crippen MR) is 208 cm³/mol. The first-order valence-corrected chi connectivity index (χ1v) is 18.1. The first kappa shape index (κ1) is 36.8. The van der Waals surface area contributed by atoms with Crippen LogP contribution in [0.2, 0.25) is 0 Å². The van der Waals surface area contributed by atoms with Crippen molar-refractivity contribution in [1.82, 2.24) is 19.8 Å². The Labute approximate surface area is 305 Å². The molecule has 2 aliphatic heterocycles. The zero-order valence-electron chi connectivity index (χ0n) is 31.5. The highest BCUT2D eigenvalue weighted by Gasteiger charge is 2.30. The number of aromatic hydroxyl groups is 6. The lowest BCUT2D eigenvalue weighted by molar-refractivity contribution is 0.159. The van der Waals surface area contributed by atoms with E-state index in [1.165, 1.54) is 12.4 Å².